The van der Waals surface area contributed by atoms with Crippen LogP contribution in [0, 0.1) is 12.3 Å². The predicted octanol–water partition coefficient (Wildman–Crippen LogP) is 3.64. The van der Waals surface area contributed by atoms with Crippen molar-refractivity contribution in [2.75, 3.05) is 19.6 Å². The number of benzene rings is 1. The highest BCUT2D eigenvalue weighted by atomic mass is 35.5. The number of nitrogens with one attached hydrogen (secondary N) is 2. The molecule has 1 aromatic carbocycles. The number of unbranched alkanes of at least 4 members (excludes halogenated alkanes) is 1. The second-order valence-electron chi connectivity index (χ2n) is 7.03. The molecule has 0 aliphatic carbocycles. The minimum atomic E-state index is 0. The fourth-order valence-corrected chi connectivity index (χ4v) is 2.98. The Morgan fingerprint density at radius 2 is 1.83 bits per heavy atom. The van der Waals surface area contributed by atoms with Gasteiger partial charge in [-0.05, 0) is 63.1 Å². The van der Waals surface area contributed by atoms with Crippen molar-refractivity contribution >= 4 is 18.3 Å². The van der Waals surface area contributed by atoms with Gasteiger partial charge in [-0.3, -0.25) is 4.79 Å². The highest BCUT2D eigenvalue weighted by Gasteiger charge is 2.26. The molecule has 130 valence electrons. The Kier molecular flexibility index (Phi) is 8.64. The molecule has 0 radical (unpaired) electrons. The van der Waals surface area contributed by atoms with E-state index in [1.165, 1.54) is 11.1 Å². The van der Waals surface area contributed by atoms with E-state index >= 15 is 0 Å². The van der Waals surface area contributed by atoms with Gasteiger partial charge in [0.25, 0.3) is 0 Å². The first-order valence-electron chi connectivity index (χ1n) is 8.60. The molecular formula is C19H31ClN2O. The van der Waals surface area contributed by atoms with E-state index in [1.807, 2.05) is 0 Å². The van der Waals surface area contributed by atoms with Crippen molar-refractivity contribution in [1.82, 2.24) is 10.6 Å². The van der Waals surface area contributed by atoms with Gasteiger partial charge in [0.05, 0.1) is 0 Å². The average Bonchev–Trinajstić information content (AvgIpc) is 2.52. The van der Waals surface area contributed by atoms with E-state index < -0.39 is 0 Å². The monoisotopic (exact) mass is 338 g/mol. The molecule has 0 unspecified atom stereocenters. The molecule has 0 aromatic heterocycles. The third-order valence-corrected chi connectivity index (χ3v) is 4.76. The van der Waals surface area contributed by atoms with Gasteiger partial charge in [-0.1, -0.05) is 36.8 Å². The zero-order valence-electron chi connectivity index (χ0n) is 14.5. The Bertz CT molecular complexity index is 467. The fourth-order valence-electron chi connectivity index (χ4n) is 2.98. The molecule has 0 atom stereocenters. The Morgan fingerprint density at radius 1 is 1.17 bits per heavy atom. The highest BCUT2D eigenvalue weighted by molar-refractivity contribution is 5.85. The Labute approximate surface area is 147 Å². The van der Waals surface area contributed by atoms with Crippen molar-refractivity contribution in [2.45, 2.75) is 52.4 Å². The van der Waals surface area contributed by atoms with Crippen LogP contribution in [0.15, 0.2) is 24.3 Å². The summed E-state index contributed by atoms with van der Waals surface area (Å²) in [5.74, 6) is 0.212. The second-order valence-corrected chi connectivity index (χ2v) is 7.03. The number of amides is 1. The molecule has 1 fully saturated rings. The van der Waals surface area contributed by atoms with Crippen LogP contribution >= 0.6 is 12.4 Å². The van der Waals surface area contributed by atoms with Crippen molar-refractivity contribution in [3.63, 3.8) is 0 Å². The largest absolute Gasteiger partial charge is 0.356 e. The molecule has 0 bridgehead atoms. The maximum atomic E-state index is 12.0. The molecule has 1 amide bonds. The maximum Gasteiger partial charge on any atom is 0.220 e. The van der Waals surface area contributed by atoms with Crippen LogP contribution in [-0.2, 0) is 11.2 Å². The first-order chi connectivity index (χ1) is 10.6. The van der Waals surface area contributed by atoms with E-state index in [1.54, 1.807) is 0 Å². The molecule has 2 rings (SSSR count). The molecule has 3 nitrogen and oxygen atoms in total. The lowest BCUT2D eigenvalue weighted by Crippen LogP contribution is -2.42. The minimum Gasteiger partial charge on any atom is -0.356 e. The van der Waals surface area contributed by atoms with Crippen LogP contribution in [0.25, 0.3) is 0 Å². The van der Waals surface area contributed by atoms with E-state index in [0.29, 0.717) is 6.42 Å². The molecular weight excluding hydrogens is 308 g/mol. The molecule has 0 saturated carbocycles. The zero-order valence-corrected chi connectivity index (χ0v) is 15.3. The van der Waals surface area contributed by atoms with E-state index in [2.05, 4.69) is 48.7 Å². The van der Waals surface area contributed by atoms with Gasteiger partial charge >= 0.3 is 0 Å². The van der Waals surface area contributed by atoms with Crippen LogP contribution in [0.2, 0.25) is 0 Å². The molecule has 1 saturated heterocycles. The standard InChI is InChI=1S/C19H30N2O.ClH/c1-16-7-9-17(10-8-16)5-3-4-6-18(22)21-15-19(2)11-13-20-14-12-19;/h7-10,20H,3-6,11-15H2,1-2H3,(H,21,22);1H. The number of hydrogen-bond donors (Lipinski definition) is 2. The molecule has 2 N–H and O–H groups in total. The zero-order chi connectivity index (χ0) is 15.8. The number of carbonyl (C=O) groups excluding carboxylic acids is 1. The van der Waals surface area contributed by atoms with Gasteiger partial charge < -0.3 is 10.6 Å². The quantitative estimate of drug-likeness (QED) is 0.745. The highest BCUT2D eigenvalue weighted by Crippen LogP contribution is 2.26. The summed E-state index contributed by atoms with van der Waals surface area (Å²) in [5, 5.41) is 6.51. The molecule has 1 aliphatic heterocycles. The number of aryl methyl sites for hydroxylation is 2. The minimum absolute atomic E-state index is 0. The van der Waals surface area contributed by atoms with Gasteiger partial charge in [0, 0.05) is 13.0 Å². The summed E-state index contributed by atoms with van der Waals surface area (Å²) in [5.41, 5.74) is 2.95. The van der Waals surface area contributed by atoms with Crippen molar-refractivity contribution < 1.29 is 4.79 Å². The summed E-state index contributed by atoms with van der Waals surface area (Å²) in [6.45, 7) is 7.36. The number of rotatable bonds is 7. The lowest BCUT2D eigenvalue weighted by Gasteiger charge is -2.34. The summed E-state index contributed by atoms with van der Waals surface area (Å²) in [7, 11) is 0. The number of hydrogen-bond acceptors (Lipinski definition) is 2. The lowest BCUT2D eigenvalue weighted by molar-refractivity contribution is -0.121. The lowest BCUT2D eigenvalue weighted by atomic mass is 9.81. The molecule has 23 heavy (non-hydrogen) atoms. The average molecular weight is 339 g/mol. The number of halogens is 1. The molecule has 1 aliphatic rings. The van der Waals surface area contributed by atoms with E-state index in [-0.39, 0.29) is 23.7 Å². The van der Waals surface area contributed by atoms with Crippen LogP contribution in [0.1, 0.15) is 50.2 Å². The Hall–Kier alpha value is -1.06. The maximum absolute atomic E-state index is 12.0. The summed E-state index contributed by atoms with van der Waals surface area (Å²) in [6, 6.07) is 8.68. The van der Waals surface area contributed by atoms with E-state index in [4.69, 9.17) is 0 Å². The van der Waals surface area contributed by atoms with E-state index in [9.17, 15) is 4.79 Å². The van der Waals surface area contributed by atoms with Crippen molar-refractivity contribution in [3.05, 3.63) is 35.4 Å². The number of carbonyl (C=O) groups is 1. The smallest absolute Gasteiger partial charge is 0.220 e. The third kappa shape index (κ3) is 7.36. The van der Waals surface area contributed by atoms with Gasteiger partial charge in [-0.2, -0.15) is 0 Å². The first kappa shape index (κ1) is 20.0. The normalized spacial score (nSPS) is 16.4. The third-order valence-electron chi connectivity index (χ3n) is 4.76. The summed E-state index contributed by atoms with van der Waals surface area (Å²) < 4.78 is 0. The number of piperidine rings is 1. The van der Waals surface area contributed by atoms with E-state index in [0.717, 1.165) is 51.7 Å². The van der Waals surface area contributed by atoms with Crippen LogP contribution in [0.5, 0.6) is 0 Å². The van der Waals surface area contributed by atoms with Crippen LogP contribution in [0.3, 0.4) is 0 Å². The molecule has 0 spiro atoms. The van der Waals surface area contributed by atoms with Crippen molar-refractivity contribution in [3.8, 4) is 0 Å². The SMILES string of the molecule is Cc1ccc(CCCCC(=O)NCC2(C)CCNCC2)cc1.Cl. The second kappa shape index (κ2) is 9.94. The van der Waals surface area contributed by atoms with Crippen molar-refractivity contribution in [2.24, 2.45) is 5.41 Å². The molecule has 1 aromatic rings. The summed E-state index contributed by atoms with van der Waals surface area (Å²) in [6.07, 6.45) is 6.08. The Morgan fingerprint density at radius 3 is 2.48 bits per heavy atom. The summed E-state index contributed by atoms with van der Waals surface area (Å²) >= 11 is 0. The molecule has 1 heterocycles. The summed E-state index contributed by atoms with van der Waals surface area (Å²) in [4.78, 5) is 12.0. The van der Waals surface area contributed by atoms with Gasteiger partial charge in [0.15, 0.2) is 0 Å². The fraction of sp³-hybridized carbons (Fsp3) is 0.632. The van der Waals surface area contributed by atoms with Gasteiger partial charge in [0.2, 0.25) is 5.91 Å². The topological polar surface area (TPSA) is 41.1 Å². The first-order valence-corrected chi connectivity index (χ1v) is 8.60. The van der Waals surface area contributed by atoms with Crippen LogP contribution in [-0.4, -0.2) is 25.5 Å². The van der Waals surface area contributed by atoms with Gasteiger partial charge in [-0.15, -0.1) is 12.4 Å². The Balaban J connectivity index is 0.00000264. The molecule has 4 heteroatoms. The van der Waals surface area contributed by atoms with Crippen LogP contribution in [0.4, 0.5) is 0 Å². The van der Waals surface area contributed by atoms with Crippen molar-refractivity contribution in [1.29, 1.82) is 0 Å². The predicted molar refractivity (Wildman–Crippen MR) is 99.2 cm³/mol. The van der Waals surface area contributed by atoms with Crippen LogP contribution < -0.4 is 10.6 Å². The van der Waals surface area contributed by atoms with Gasteiger partial charge in [-0.25, -0.2) is 0 Å². The van der Waals surface area contributed by atoms with Gasteiger partial charge in [0.1, 0.15) is 0 Å².